The molecule has 2 aliphatic rings. The van der Waals surface area contributed by atoms with Gasteiger partial charge in [-0.1, -0.05) is 140 Å². The molecule has 1 nitrogen and oxygen atoms in total. The third-order valence-electron chi connectivity index (χ3n) is 11.2. The Bertz CT molecular complexity index is 3070. The molecule has 0 saturated heterocycles. The van der Waals surface area contributed by atoms with E-state index in [0.29, 0.717) is 0 Å². The van der Waals surface area contributed by atoms with Crippen LogP contribution in [0, 0.1) is 0 Å². The van der Waals surface area contributed by atoms with E-state index in [1.807, 2.05) is 0 Å². The molecule has 0 atom stereocenters. The van der Waals surface area contributed by atoms with Crippen LogP contribution in [0.2, 0.25) is 0 Å². The SMILES string of the molecule is c1cc(-c2ccc3c4c(cccc24)-c2ccccc2-3)cc(-n2c3ccc4ccccc4c3c3cc4c5c(cccc5c32)-c2ccccc2-4)c1. The topological polar surface area (TPSA) is 4.93 Å². The largest absolute Gasteiger partial charge is 0.309 e. The number of fused-ring (bicyclic) bond motifs is 12. The number of nitrogens with zero attached hydrogens (tertiary/aromatic N) is 1. The molecule has 0 amide bonds. The van der Waals surface area contributed by atoms with Gasteiger partial charge in [0.2, 0.25) is 0 Å². The van der Waals surface area contributed by atoms with Gasteiger partial charge in [0.15, 0.2) is 0 Å². The summed E-state index contributed by atoms with van der Waals surface area (Å²) in [6.07, 6.45) is 0. The smallest absolute Gasteiger partial charge is 0.0620 e. The van der Waals surface area contributed by atoms with Crippen LogP contribution in [0.15, 0.2) is 164 Å². The second-order valence-electron chi connectivity index (χ2n) is 13.6. The minimum atomic E-state index is 1.18. The van der Waals surface area contributed by atoms with E-state index < -0.39 is 0 Å². The van der Waals surface area contributed by atoms with E-state index in [9.17, 15) is 0 Å². The summed E-state index contributed by atoms with van der Waals surface area (Å²) >= 11 is 0. The highest BCUT2D eigenvalue weighted by molar-refractivity contribution is 6.31. The summed E-state index contributed by atoms with van der Waals surface area (Å²) in [6, 6.07) is 61.1. The van der Waals surface area contributed by atoms with Crippen molar-refractivity contribution in [2.75, 3.05) is 0 Å². The van der Waals surface area contributed by atoms with Gasteiger partial charge in [-0.25, -0.2) is 0 Å². The molecule has 9 aromatic carbocycles. The van der Waals surface area contributed by atoms with Gasteiger partial charge >= 0.3 is 0 Å². The van der Waals surface area contributed by atoms with Crippen molar-refractivity contribution in [3.8, 4) is 61.3 Å². The van der Waals surface area contributed by atoms with Gasteiger partial charge in [0.05, 0.1) is 11.0 Å². The predicted molar refractivity (Wildman–Crippen MR) is 208 cm³/mol. The van der Waals surface area contributed by atoms with Crippen LogP contribution in [0.1, 0.15) is 0 Å². The Hall–Kier alpha value is -6.44. The molecule has 49 heavy (non-hydrogen) atoms. The van der Waals surface area contributed by atoms with Crippen molar-refractivity contribution in [2.24, 2.45) is 0 Å². The van der Waals surface area contributed by atoms with E-state index in [-0.39, 0.29) is 0 Å². The maximum absolute atomic E-state index is 2.53. The van der Waals surface area contributed by atoms with Crippen molar-refractivity contribution in [3.63, 3.8) is 0 Å². The highest BCUT2D eigenvalue weighted by Gasteiger charge is 2.27. The second kappa shape index (κ2) is 9.13. The summed E-state index contributed by atoms with van der Waals surface area (Å²) in [4.78, 5) is 0. The zero-order valence-electron chi connectivity index (χ0n) is 26.5. The lowest BCUT2D eigenvalue weighted by Crippen LogP contribution is -1.95. The molecular formula is C48H27N. The lowest BCUT2D eigenvalue weighted by atomic mass is 9.94. The number of benzene rings is 9. The summed E-state index contributed by atoms with van der Waals surface area (Å²) in [5.74, 6) is 0. The van der Waals surface area contributed by atoms with Crippen molar-refractivity contribution in [1.29, 1.82) is 0 Å². The van der Waals surface area contributed by atoms with Crippen LogP contribution in [0.25, 0.3) is 115 Å². The lowest BCUT2D eigenvalue weighted by Gasteiger charge is -2.14. The van der Waals surface area contributed by atoms with Crippen LogP contribution >= 0.6 is 0 Å². The molecular weight excluding hydrogens is 591 g/mol. The summed E-state index contributed by atoms with van der Waals surface area (Å²) in [6.45, 7) is 0. The Morgan fingerprint density at radius 1 is 0.306 bits per heavy atom. The van der Waals surface area contributed by atoms with Gasteiger partial charge in [-0.3, -0.25) is 0 Å². The molecule has 0 bridgehead atoms. The molecule has 2 aliphatic carbocycles. The third kappa shape index (κ3) is 3.20. The van der Waals surface area contributed by atoms with Gasteiger partial charge in [0.1, 0.15) is 0 Å². The fraction of sp³-hybridized carbons (Fsp3) is 0. The first-order valence-corrected chi connectivity index (χ1v) is 17.1. The van der Waals surface area contributed by atoms with Gasteiger partial charge in [-0.15, -0.1) is 0 Å². The minimum Gasteiger partial charge on any atom is -0.309 e. The normalized spacial score (nSPS) is 12.5. The second-order valence-corrected chi connectivity index (χ2v) is 13.6. The summed E-state index contributed by atoms with van der Waals surface area (Å²) in [7, 11) is 0. The minimum absolute atomic E-state index is 1.18. The maximum Gasteiger partial charge on any atom is 0.0620 e. The van der Waals surface area contributed by atoms with Crippen molar-refractivity contribution in [1.82, 2.24) is 4.57 Å². The van der Waals surface area contributed by atoms with E-state index in [4.69, 9.17) is 0 Å². The first-order valence-electron chi connectivity index (χ1n) is 17.1. The maximum atomic E-state index is 2.53. The molecule has 0 saturated carbocycles. The first-order chi connectivity index (χ1) is 24.3. The van der Waals surface area contributed by atoms with Crippen molar-refractivity contribution >= 4 is 54.1 Å². The van der Waals surface area contributed by atoms with E-state index >= 15 is 0 Å². The van der Waals surface area contributed by atoms with Crippen LogP contribution in [-0.4, -0.2) is 4.57 Å². The number of hydrogen-bond acceptors (Lipinski definition) is 0. The number of rotatable bonds is 2. The molecule has 1 aromatic heterocycles. The van der Waals surface area contributed by atoms with Crippen molar-refractivity contribution < 1.29 is 0 Å². The molecule has 0 aliphatic heterocycles. The molecule has 0 radical (unpaired) electrons. The quantitative estimate of drug-likeness (QED) is 0.182. The zero-order chi connectivity index (χ0) is 31.8. The summed E-state index contributed by atoms with van der Waals surface area (Å²) in [5.41, 5.74) is 16.8. The Morgan fingerprint density at radius 3 is 1.65 bits per heavy atom. The third-order valence-corrected chi connectivity index (χ3v) is 11.2. The Kier molecular flexibility index (Phi) is 4.77. The number of aromatic nitrogens is 1. The zero-order valence-corrected chi connectivity index (χ0v) is 26.5. The van der Waals surface area contributed by atoms with E-state index in [0.717, 1.165) is 0 Å². The van der Waals surface area contributed by atoms with Gasteiger partial charge in [0.25, 0.3) is 0 Å². The van der Waals surface area contributed by atoms with E-state index in [1.54, 1.807) is 0 Å². The molecule has 0 fully saturated rings. The summed E-state index contributed by atoms with van der Waals surface area (Å²) < 4.78 is 2.53. The predicted octanol–water partition coefficient (Wildman–Crippen LogP) is 13.2. The molecule has 224 valence electrons. The van der Waals surface area contributed by atoms with Crippen molar-refractivity contribution in [2.45, 2.75) is 0 Å². The van der Waals surface area contributed by atoms with Crippen LogP contribution in [0.4, 0.5) is 0 Å². The van der Waals surface area contributed by atoms with Gasteiger partial charge < -0.3 is 4.57 Å². The van der Waals surface area contributed by atoms with Gasteiger partial charge in [-0.05, 0) is 107 Å². The molecule has 10 aromatic rings. The van der Waals surface area contributed by atoms with Gasteiger partial charge in [0, 0.05) is 21.8 Å². The molecule has 0 unspecified atom stereocenters. The fourth-order valence-corrected chi connectivity index (χ4v) is 9.28. The Balaban J connectivity index is 1.18. The average molecular weight is 618 g/mol. The van der Waals surface area contributed by atoms with E-state index in [2.05, 4.69) is 168 Å². The molecule has 1 heterocycles. The molecule has 12 rings (SSSR count). The molecule has 0 spiro atoms. The molecule has 0 N–H and O–H groups in total. The summed E-state index contributed by atoms with van der Waals surface area (Å²) in [5, 5.41) is 10.5. The average Bonchev–Trinajstić information content (AvgIpc) is 3.80. The Labute approximate surface area is 282 Å². The first kappa shape index (κ1) is 25.6. The highest BCUT2D eigenvalue weighted by atomic mass is 15.0. The molecule has 1 heteroatoms. The number of hydrogen-bond donors (Lipinski definition) is 0. The van der Waals surface area contributed by atoms with Crippen molar-refractivity contribution in [3.05, 3.63) is 164 Å². The Morgan fingerprint density at radius 2 is 0.878 bits per heavy atom. The van der Waals surface area contributed by atoms with Crippen LogP contribution in [0.3, 0.4) is 0 Å². The van der Waals surface area contributed by atoms with Crippen LogP contribution in [-0.2, 0) is 0 Å². The highest BCUT2D eigenvalue weighted by Crippen LogP contribution is 2.52. The van der Waals surface area contributed by atoms with Crippen LogP contribution < -0.4 is 0 Å². The van der Waals surface area contributed by atoms with Crippen LogP contribution in [0.5, 0.6) is 0 Å². The monoisotopic (exact) mass is 617 g/mol. The fourth-order valence-electron chi connectivity index (χ4n) is 9.28. The standard InChI is InChI=1S/C48H27N/c1-2-13-32-28(10-1)22-25-44-47(32)43-27-42-36-17-6-5-16-35(36)39-20-9-21-41(46(39)42)48(43)49(44)30-12-7-11-29(26-30)31-23-24-40-34-15-4-3-14-33(34)38-19-8-18-37(31)45(38)40/h1-27H. The van der Waals surface area contributed by atoms with Gasteiger partial charge in [-0.2, -0.15) is 0 Å². The lowest BCUT2D eigenvalue weighted by molar-refractivity contribution is 1.19. The van der Waals surface area contributed by atoms with E-state index in [1.165, 1.54) is 115 Å².